The number of rotatable bonds is 6. The van der Waals surface area contributed by atoms with Gasteiger partial charge in [0, 0.05) is 5.56 Å². The summed E-state index contributed by atoms with van der Waals surface area (Å²) in [5, 5.41) is 6.48. The molecule has 0 aliphatic carbocycles. The molecule has 24 heavy (non-hydrogen) atoms. The molecule has 2 heterocycles. The fraction of sp³-hybridized carbons (Fsp3) is 0.188. The fourth-order valence-corrected chi connectivity index (χ4v) is 2.30. The van der Waals surface area contributed by atoms with Crippen LogP contribution in [0.4, 0.5) is 0 Å². The number of aromatic nitrogens is 3. The lowest BCUT2D eigenvalue weighted by Crippen LogP contribution is -2.12. The molecule has 0 atom stereocenters. The van der Waals surface area contributed by atoms with Crippen molar-refractivity contribution >= 4 is 18.2 Å². The van der Waals surface area contributed by atoms with Crippen LogP contribution in [0.3, 0.4) is 0 Å². The van der Waals surface area contributed by atoms with Crippen LogP contribution in [0.1, 0.15) is 23.0 Å². The molecule has 0 aliphatic heterocycles. The quantitative estimate of drug-likeness (QED) is 0.528. The van der Waals surface area contributed by atoms with Crippen molar-refractivity contribution < 1.29 is 13.9 Å². The summed E-state index contributed by atoms with van der Waals surface area (Å²) in [5.41, 5.74) is 4.48. The first kappa shape index (κ1) is 16.0. The first-order chi connectivity index (χ1) is 11.7. The van der Waals surface area contributed by atoms with Gasteiger partial charge < -0.3 is 14.6 Å². The fourth-order valence-electron chi connectivity index (χ4n) is 2.14. The number of esters is 1. The summed E-state index contributed by atoms with van der Waals surface area (Å²) >= 11 is 5.05. The molecule has 3 aromatic rings. The first-order valence-electron chi connectivity index (χ1n) is 7.39. The van der Waals surface area contributed by atoms with Crippen molar-refractivity contribution in [2.24, 2.45) is 0 Å². The Morgan fingerprint density at radius 3 is 2.79 bits per heavy atom. The molecule has 0 bridgehead atoms. The molecule has 0 radical (unpaired) electrons. The van der Waals surface area contributed by atoms with E-state index in [-0.39, 0.29) is 5.97 Å². The highest BCUT2D eigenvalue weighted by Gasteiger charge is 2.09. The molecule has 3 rings (SSSR count). The van der Waals surface area contributed by atoms with E-state index in [1.807, 2.05) is 24.3 Å². The molecule has 0 saturated carbocycles. The average molecular weight is 344 g/mol. The maximum atomic E-state index is 11.6. The van der Waals surface area contributed by atoms with E-state index in [4.69, 9.17) is 21.4 Å². The van der Waals surface area contributed by atoms with Gasteiger partial charge in [0.15, 0.2) is 0 Å². The third-order valence-electron chi connectivity index (χ3n) is 3.32. The lowest BCUT2D eigenvalue weighted by atomic mass is 10.1. The highest BCUT2D eigenvalue weighted by Crippen LogP contribution is 2.23. The molecule has 0 unspecified atom stereocenters. The second-order valence-corrected chi connectivity index (χ2v) is 5.32. The van der Waals surface area contributed by atoms with Crippen molar-refractivity contribution in [3.8, 4) is 11.3 Å². The Kier molecular flexibility index (Phi) is 4.76. The maximum Gasteiger partial charge on any atom is 0.338 e. The van der Waals surface area contributed by atoms with Gasteiger partial charge in [-0.3, -0.25) is 5.10 Å². The predicted octanol–water partition coefficient (Wildman–Crippen LogP) is 3.12. The van der Waals surface area contributed by atoms with E-state index >= 15 is 0 Å². The van der Waals surface area contributed by atoms with Gasteiger partial charge in [-0.05, 0) is 43.4 Å². The molecule has 1 aromatic carbocycles. The summed E-state index contributed by atoms with van der Waals surface area (Å²) in [6.07, 6.45) is 1.56. The number of hydrogen-bond acceptors (Lipinski definition) is 6. The summed E-state index contributed by atoms with van der Waals surface area (Å²) in [5.74, 6) is 1.14. The lowest BCUT2D eigenvalue weighted by Gasteiger charge is -2.04. The van der Waals surface area contributed by atoms with Gasteiger partial charge in [-0.25, -0.2) is 9.47 Å². The van der Waals surface area contributed by atoms with Crippen LogP contribution in [-0.4, -0.2) is 27.4 Å². The Balaban J connectivity index is 1.67. The zero-order valence-corrected chi connectivity index (χ0v) is 13.8. The van der Waals surface area contributed by atoms with E-state index in [9.17, 15) is 4.79 Å². The summed E-state index contributed by atoms with van der Waals surface area (Å²) in [7, 11) is 0. The minimum Gasteiger partial charge on any atom is -0.462 e. The van der Waals surface area contributed by atoms with Crippen LogP contribution in [0, 0.1) is 4.77 Å². The number of nitrogens with zero attached hydrogens (tertiary/aromatic N) is 2. The summed E-state index contributed by atoms with van der Waals surface area (Å²) in [6.45, 7) is 2.60. The van der Waals surface area contributed by atoms with E-state index in [2.05, 4.69) is 15.6 Å². The van der Waals surface area contributed by atoms with Gasteiger partial charge in [0.1, 0.15) is 17.8 Å². The van der Waals surface area contributed by atoms with Crippen LogP contribution in [0.15, 0.2) is 47.1 Å². The van der Waals surface area contributed by atoms with Crippen molar-refractivity contribution in [3.05, 3.63) is 58.8 Å². The topological polar surface area (TPSA) is 85.1 Å². The molecule has 0 spiro atoms. The van der Waals surface area contributed by atoms with Gasteiger partial charge in [-0.2, -0.15) is 5.10 Å². The normalized spacial score (nSPS) is 10.5. The maximum absolute atomic E-state index is 11.6. The number of benzene rings is 1. The number of furan rings is 1. The Hall–Kier alpha value is -2.87. The van der Waals surface area contributed by atoms with E-state index in [0.29, 0.717) is 23.5 Å². The Morgan fingerprint density at radius 1 is 1.33 bits per heavy atom. The van der Waals surface area contributed by atoms with E-state index < -0.39 is 0 Å². The molecule has 124 valence electrons. The predicted molar refractivity (Wildman–Crippen MR) is 90.6 cm³/mol. The van der Waals surface area contributed by atoms with Gasteiger partial charge in [0.25, 0.3) is 0 Å². The monoisotopic (exact) mass is 344 g/mol. The molecule has 8 heteroatoms. The molecule has 0 amide bonds. The highest BCUT2D eigenvalue weighted by atomic mass is 32.1. The van der Waals surface area contributed by atoms with Crippen LogP contribution in [0.25, 0.3) is 11.3 Å². The Morgan fingerprint density at radius 2 is 2.12 bits per heavy atom. The minimum atomic E-state index is -0.328. The lowest BCUT2D eigenvalue weighted by molar-refractivity contribution is 0.0526. The zero-order chi connectivity index (χ0) is 16.9. The minimum absolute atomic E-state index is 0.328. The Labute approximate surface area is 143 Å². The largest absolute Gasteiger partial charge is 0.462 e. The molecule has 2 aromatic heterocycles. The number of nitrogens with one attached hydrogen (secondary N) is 2. The number of aromatic amines is 1. The molecule has 0 aliphatic rings. The zero-order valence-electron chi connectivity index (χ0n) is 13.0. The highest BCUT2D eigenvalue weighted by molar-refractivity contribution is 7.71. The third kappa shape index (κ3) is 3.54. The smallest absolute Gasteiger partial charge is 0.338 e. The van der Waals surface area contributed by atoms with Crippen LogP contribution < -0.4 is 5.43 Å². The van der Waals surface area contributed by atoms with E-state index in [0.717, 1.165) is 17.1 Å². The van der Waals surface area contributed by atoms with Crippen molar-refractivity contribution in [1.29, 1.82) is 0 Å². The first-order valence-corrected chi connectivity index (χ1v) is 7.80. The molecule has 0 fully saturated rings. The van der Waals surface area contributed by atoms with Crippen molar-refractivity contribution in [2.45, 2.75) is 13.5 Å². The molecular formula is C16H16N4O3S. The van der Waals surface area contributed by atoms with E-state index in [1.54, 1.807) is 30.1 Å². The van der Waals surface area contributed by atoms with Gasteiger partial charge in [0.05, 0.1) is 18.7 Å². The van der Waals surface area contributed by atoms with Crippen molar-refractivity contribution in [3.63, 3.8) is 0 Å². The number of H-pyrrole nitrogens is 1. The molecular weight excluding hydrogens is 328 g/mol. The van der Waals surface area contributed by atoms with Gasteiger partial charge in [0.2, 0.25) is 4.77 Å². The van der Waals surface area contributed by atoms with E-state index in [1.165, 1.54) is 0 Å². The van der Waals surface area contributed by atoms with Gasteiger partial charge in [-0.1, -0.05) is 12.1 Å². The number of carbonyl (C=O) groups excluding carboxylic acids is 1. The number of carbonyl (C=O) groups is 1. The summed E-state index contributed by atoms with van der Waals surface area (Å²) in [6, 6.07) is 10.9. The molecule has 7 nitrogen and oxygen atoms in total. The molecule has 0 saturated heterocycles. The van der Waals surface area contributed by atoms with Crippen LogP contribution in [0.2, 0.25) is 0 Å². The number of hydrogen-bond donors (Lipinski definition) is 2. The standard InChI is InChI=1S/C16H16N4O3S/c1-2-22-15(21)12-5-3-11(4-6-12)14-8-7-13(23-14)9-18-20-10-17-19-16(20)24/h3-8,10,18H,2,9H2,1H3,(H,19,24). The average Bonchev–Trinajstić information content (AvgIpc) is 3.22. The van der Waals surface area contributed by atoms with Crippen LogP contribution in [0.5, 0.6) is 0 Å². The Bertz CT molecular complexity index is 879. The van der Waals surface area contributed by atoms with Crippen molar-refractivity contribution in [1.82, 2.24) is 14.9 Å². The van der Waals surface area contributed by atoms with Gasteiger partial charge >= 0.3 is 5.97 Å². The summed E-state index contributed by atoms with van der Waals surface area (Å²) in [4.78, 5) is 11.6. The second-order valence-electron chi connectivity index (χ2n) is 4.93. The van der Waals surface area contributed by atoms with Crippen LogP contribution in [-0.2, 0) is 11.3 Å². The summed E-state index contributed by atoms with van der Waals surface area (Å²) < 4.78 is 12.9. The van der Waals surface area contributed by atoms with Crippen LogP contribution >= 0.6 is 12.2 Å². The number of ether oxygens (including phenoxy) is 1. The van der Waals surface area contributed by atoms with Crippen molar-refractivity contribution in [2.75, 3.05) is 12.0 Å². The van der Waals surface area contributed by atoms with Gasteiger partial charge in [-0.15, -0.1) is 0 Å². The third-order valence-corrected chi connectivity index (χ3v) is 3.61. The SMILES string of the molecule is CCOC(=O)c1ccc(-c2ccc(CNn3cn[nH]c3=S)o2)cc1. The second kappa shape index (κ2) is 7.14. The molecule has 2 N–H and O–H groups in total.